The van der Waals surface area contributed by atoms with Gasteiger partial charge in [-0.25, -0.2) is 9.78 Å². The number of halogens is 1. The van der Waals surface area contributed by atoms with Crippen LogP contribution < -0.4 is 10.5 Å². The van der Waals surface area contributed by atoms with Crippen molar-refractivity contribution in [2.75, 3.05) is 5.73 Å². The summed E-state index contributed by atoms with van der Waals surface area (Å²) in [5.41, 5.74) is 5.72. The van der Waals surface area contributed by atoms with Crippen molar-refractivity contribution in [3.8, 4) is 11.5 Å². The Kier molecular flexibility index (Phi) is 3.47. The van der Waals surface area contributed by atoms with Crippen molar-refractivity contribution in [1.29, 1.82) is 0 Å². The van der Waals surface area contributed by atoms with Crippen molar-refractivity contribution < 1.29 is 14.6 Å². The molecule has 2 rings (SSSR count). The van der Waals surface area contributed by atoms with E-state index >= 15 is 0 Å². The zero-order valence-electron chi connectivity index (χ0n) is 9.13. The third kappa shape index (κ3) is 2.78. The highest BCUT2D eigenvalue weighted by atomic mass is 79.9. The van der Waals surface area contributed by atoms with Gasteiger partial charge in [-0.15, -0.1) is 0 Å². The molecule has 0 unspecified atom stereocenters. The predicted octanol–water partition coefficient (Wildman–Crippen LogP) is 2.92. The number of ether oxygens (including phenoxy) is 1. The molecule has 5 nitrogen and oxygen atoms in total. The van der Waals surface area contributed by atoms with Crippen molar-refractivity contribution >= 4 is 27.7 Å². The number of aromatic nitrogens is 1. The zero-order chi connectivity index (χ0) is 13.1. The minimum Gasteiger partial charge on any atom is -0.478 e. The van der Waals surface area contributed by atoms with Gasteiger partial charge in [-0.05, 0) is 34.1 Å². The number of aromatic carboxylic acids is 1. The molecular formula is C12H9BrN2O3. The van der Waals surface area contributed by atoms with E-state index in [2.05, 4.69) is 20.9 Å². The summed E-state index contributed by atoms with van der Waals surface area (Å²) < 4.78 is 6.11. The largest absolute Gasteiger partial charge is 0.478 e. The summed E-state index contributed by atoms with van der Waals surface area (Å²) in [4.78, 5) is 14.7. The Hall–Kier alpha value is -2.08. The number of carbonyl (C=O) groups is 1. The van der Waals surface area contributed by atoms with Gasteiger partial charge in [-0.3, -0.25) is 0 Å². The monoisotopic (exact) mass is 308 g/mol. The molecule has 0 spiro atoms. The summed E-state index contributed by atoms with van der Waals surface area (Å²) in [5.74, 6) is 0.255. The highest BCUT2D eigenvalue weighted by Gasteiger charge is 2.06. The van der Waals surface area contributed by atoms with Gasteiger partial charge in [-0.1, -0.05) is 6.07 Å². The van der Waals surface area contributed by atoms with Gasteiger partial charge in [0.15, 0.2) is 0 Å². The first-order valence-electron chi connectivity index (χ1n) is 4.98. The van der Waals surface area contributed by atoms with E-state index in [1.807, 2.05) is 0 Å². The van der Waals surface area contributed by atoms with Gasteiger partial charge in [0.1, 0.15) is 17.3 Å². The molecule has 92 valence electrons. The number of carboxylic acid groups (broad SMARTS) is 1. The van der Waals surface area contributed by atoms with Crippen molar-refractivity contribution in [1.82, 2.24) is 4.98 Å². The first-order valence-corrected chi connectivity index (χ1v) is 5.78. The lowest BCUT2D eigenvalue weighted by Crippen LogP contribution is -1.96. The van der Waals surface area contributed by atoms with Crippen LogP contribution in [0.25, 0.3) is 0 Å². The molecule has 18 heavy (non-hydrogen) atoms. The van der Waals surface area contributed by atoms with E-state index in [-0.39, 0.29) is 5.56 Å². The van der Waals surface area contributed by atoms with Gasteiger partial charge in [0.2, 0.25) is 0 Å². The van der Waals surface area contributed by atoms with Crippen molar-refractivity contribution in [3.05, 3.63) is 46.6 Å². The first-order chi connectivity index (χ1) is 8.56. The lowest BCUT2D eigenvalue weighted by atomic mass is 10.2. The second kappa shape index (κ2) is 5.05. The number of anilines is 1. The Balaban J connectivity index is 2.25. The molecule has 0 bridgehead atoms. The molecule has 3 N–H and O–H groups in total. The molecule has 2 aromatic rings. The van der Waals surface area contributed by atoms with Crippen LogP contribution in [0, 0.1) is 0 Å². The number of nitrogen functional groups attached to an aromatic ring is 1. The number of nitrogens with zero attached hydrogens (tertiary/aromatic N) is 1. The fourth-order valence-electron chi connectivity index (χ4n) is 1.32. The summed E-state index contributed by atoms with van der Waals surface area (Å²) >= 11 is 3.24. The number of pyridine rings is 1. The van der Waals surface area contributed by atoms with E-state index in [4.69, 9.17) is 15.6 Å². The average molecular weight is 309 g/mol. The third-order valence-electron chi connectivity index (χ3n) is 2.16. The van der Waals surface area contributed by atoms with Gasteiger partial charge in [0.25, 0.3) is 0 Å². The Morgan fingerprint density at radius 1 is 1.33 bits per heavy atom. The number of benzene rings is 1. The smallest absolute Gasteiger partial charge is 0.335 e. The summed E-state index contributed by atoms with van der Waals surface area (Å²) in [5, 5.41) is 8.86. The van der Waals surface area contributed by atoms with Gasteiger partial charge in [-0.2, -0.15) is 0 Å². The van der Waals surface area contributed by atoms with Gasteiger partial charge in [0.05, 0.1) is 16.2 Å². The molecule has 1 aromatic carbocycles. The molecule has 0 fully saturated rings. The standard InChI is InChI=1S/C12H9BrN2O3/c13-10-5-9(6-15-11(10)14)18-8-3-1-2-7(4-8)12(16)17/h1-6H,(H2,14,15)(H,16,17). The molecule has 0 aliphatic heterocycles. The number of hydrogen-bond acceptors (Lipinski definition) is 4. The quantitative estimate of drug-likeness (QED) is 0.910. The highest BCUT2D eigenvalue weighted by Crippen LogP contribution is 2.26. The topological polar surface area (TPSA) is 85.4 Å². The predicted molar refractivity (Wildman–Crippen MR) is 69.8 cm³/mol. The van der Waals surface area contributed by atoms with Crippen LogP contribution in [0.15, 0.2) is 41.0 Å². The molecule has 0 aliphatic carbocycles. The third-order valence-corrected chi connectivity index (χ3v) is 2.80. The van der Waals surface area contributed by atoms with Crippen LogP contribution >= 0.6 is 15.9 Å². The van der Waals surface area contributed by atoms with Crippen molar-refractivity contribution in [3.63, 3.8) is 0 Å². The van der Waals surface area contributed by atoms with Crippen molar-refractivity contribution in [2.24, 2.45) is 0 Å². The molecule has 0 atom stereocenters. The van der Waals surface area contributed by atoms with Crippen LogP contribution in [0.4, 0.5) is 5.82 Å². The van der Waals surface area contributed by atoms with Crippen LogP contribution in [-0.4, -0.2) is 16.1 Å². The van der Waals surface area contributed by atoms with E-state index in [9.17, 15) is 4.79 Å². The fourth-order valence-corrected chi connectivity index (χ4v) is 1.64. The van der Waals surface area contributed by atoms with E-state index in [1.54, 1.807) is 18.2 Å². The molecule has 0 radical (unpaired) electrons. The highest BCUT2D eigenvalue weighted by molar-refractivity contribution is 9.10. The minimum absolute atomic E-state index is 0.162. The van der Waals surface area contributed by atoms with E-state index < -0.39 is 5.97 Å². The lowest BCUT2D eigenvalue weighted by molar-refractivity contribution is 0.0696. The summed E-state index contributed by atoms with van der Waals surface area (Å²) in [7, 11) is 0. The maximum atomic E-state index is 10.8. The molecule has 0 saturated heterocycles. The van der Waals surface area contributed by atoms with Crippen LogP contribution in [0.2, 0.25) is 0 Å². The SMILES string of the molecule is Nc1ncc(Oc2cccc(C(=O)O)c2)cc1Br. The second-order valence-corrected chi connectivity index (χ2v) is 4.33. The minimum atomic E-state index is -1.00. The number of nitrogens with two attached hydrogens (primary N) is 1. The number of hydrogen-bond donors (Lipinski definition) is 2. The lowest BCUT2D eigenvalue weighted by Gasteiger charge is -2.07. The average Bonchev–Trinajstić information content (AvgIpc) is 2.34. The van der Waals surface area contributed by atoms with Gasteiger partial charge >= 0.3 is 5.97 Å². The van der Waals surface area contributed by atoms with Crippen LogP contribution in [0.3, 0.4) is 0 Å². The maximum absolute atomic E-state index is 10.8. The normalized spacial score (nSPS) is 10.1. The molecule has 0 aliphatic rings. The van der Waals surface area contributed by atoms with E-state index in [1.165, 1.54) is 18.3 Å². The molecule has 6 heteroatoms. The van der Waals surface area contributed by atoms with E-state index in [0.717, 1.165) is 0 Å². The zero-order valence-corrected chi connectivity index (χ0v) is 10.7. The Morgan fingerprint density at radius 3 is 2.78 bits per heavy atom. The molecular weight excluding hydrogens is 300 g/mol. The number of rotatable bonds is 3. The molecule has 0 amide bonds. The molecule has 0 saturated carbocycles. The summed E-state index contributed by atoms with van der Waals surface area (Å²) in [6.45, 7) is 0. The van der Waals surface area contributed by atoms with Crippen LogP contribution in [0.1, 0.15) is 10.4 Å². The summed E-state index contributed by atoms with van der Waals surface area (Å²) in [6.07, 6.45) is 1.47. The van der Waals surface area contributed by atoms with E-state index in [0.29, 0.717) is 21.8 Å². The second-order valence-electron chi connectivity index (χ2n) is 3.47. The number of carboxylic acids is 1. The van der Waals surface area contributed by atoms with Crippen LogP contribution in [-0.2, 0) is 0 Å². The van der Waals surface area contributed by atoms with Gasteiger partial charge < -0.3 is 15.6 Å². The first kappa shape index (κ1) is 12.4. The van der Waals surface area contributed by atoms with Crippen molar-refractivity contribution in [2.45, 2.75) is 0 Å². The maximum Gasteiger partial charge on any atom is 0.335 e. The molecule has 1 heterocycles. The van der Waals surface area contributed by atoms with Crippen LogP contribution in [0.5, 0.6) is 11.5 Å². The Morgan fingerprint density at radius 2 is 2.11 bits per heavy atom. The van der Waals surface area contributed by atoms with Gasteiger partial charge in [0, 0.05) is 6.07 Å². The Bertz CT molecular complexity index is 602. The fraction of sp³-hybridized carbons (Fsp3) is 0. The summed E-state index contributed by atoms with van der Waals surface area (Å²) in [6, 6.07) is 7.87. The molecule has 1 aromatic heterocycles. The Labute approximate surface area is 111 Å².